The largest absolute Gasteiger partial charge is 0.490 e. The van der Waals surface area contributed by atoms with Crippen molar-refractivity contribution in [2.45, 2.75) is 37.8 Å². The van der Waals surface area contributed by atoms with Crippen LogP contribution in [0.5, 0.6) is 5.75 Å². The van der Waals surface area contributed by atoms with E-state index in [2.05, 4.69) is 18.3 Å². The highest BCUT2D eigenvalue weighted by molar-refractivity contribution is 5.88. The molecule has 1 aliphatic rings. The minimum absolute atomic E-state index is 0.00644. The van der Waals surface area contributed by atoms with E-state index in [0.717, 1.165) is 47.2 Å². The molecule has 3 atom stereocenters. The Morgan fingerprint density at radius 3 is 2.63 bits per heavy atom. The zero-order chi connectivity index (χ0) is 24.4. The van der Waals surface area contributed by atoms with Crippen LogP contribution < -0.4 is 10.1 Å². The number of para-hydroxylation sites is 1. The van der Waals surface area contributed by atoms with Crippen molar-refractivity contribution in [2.75, 3.05) is 6.54 Å². The van der Waals surface area contributed by atoms with Crippen molar-refractivity contribution in [3.05, 3.63) is 113 Å². The quantitative estimate of drug-likeness (QED) is 0.316. The summed E-state index contributed by atoms with van der Waals surface area (Å²) < 4.78 is 20.6. The second-order valence-electron chi connectivity index (χ2n) is 9.14. The lowest BCUT2D eigenvalue weighted by molar-refractivity contribution is 0.0696. The number of rotatable bonds is 7. The number of hydrogen-bond acceptors (Lipinski definition) is 3. The summed E-state index contributed by atoms with van der Waals surface area (Å²) in [5.41, 5.74) is 3.44. The standard InChI is InChI=1S/C30H28FNO3/c1-19(23-13-14-28(31)25-10-3-2-9-24(23)25)32-16-15-22-18-27(26-11-4-5-12-29(26)35-22)20-7-6-8-21(17-20)30(33)34/h2-14,17,19,22,27,32H,15-16,18H2,1H3,(H,33,34). The predicted octanol–water partition coefficient (Wildman–Crippen LogP) is 6.70. The third kappa shape index (κ3) is 4.77. The highest BCUT2D eigenvalue weighted by atomic mass is 19.1. The lowest BCUT2D eigenvalue weighted by Gasteiger charge is -2.33. The van der Waals surface area contributed by atoms with Crippen LogP contribution in [0.15, 0.2) is 84.9 Å². The summed E-state index contributed by atoms with van der Waals surface area (Å²) in [6.07, 6.45) is 1.57. The van der Waals surface area contributed by atoms with Gasteiger partial charge >= 0.3 is 5.97 Å². The van der Waals surface area contributed by atoms with Crippen LogP contribution in [0, 0.1) is 5.82 Å². The molecule has 0 saturated carbocycles. The number of fused-ring (bicyclic) bond motifs is 2. The van der Waals surface area contributed by atoms with Gasteiger partial charge in [0.05, 0.1) is 5.56 Å². The number of aromatic carboxylic acids is 1. The Kier molecular flexibility index (Phi) is 6.51. The molecule has 0 amide bonds. The van der Waals surface area contributed by atoms with Gasteiger partial charge in [0.25, 0.3) is 0 Å². The summed E-state index contributed by atoms with van der Waals surface area (Å²) in [4.78, 5) is 11.5. The molecule has 4 nitrogen and oxygen atoms in total. The van der Waals surface area contributed by atoms with Gasteiger partial charge < -0.3 is 15.2 Å². The van der Waals surface area contributed by atoms with Gasteiger partial charge in [-0.3, -0.25) is 0 Å². The fourth-order valence-corrected chi connectivity index (χ4v) is 5.11. The average Bonchev–Trinajstić information content (AvgIpc) is 2.88. The van der Waals surface area contributed by atoms with Crippen LogP contribution in [0.4, 0.5) is 4.39 Å². The molecule has 0 aromatic heterocycles. The van der Waals surface area contributed by atoms with Crippen molar-refractivity contribution < 1.29 is 19.0 Å². The van der Waals surface area contributed by atoms with Crippen LogP contribution >= 0.6 is 0 Å². The molecule has 1 aliphatic heterocycles. The van der Waals surface area contributed by atoms with Crippen molar-refractivity contribution >= 4 is 16.7 Å². The monoisotopic (exact) mass is 469 g/mol. The number of carboxylic acids is 1. The summed E-state index contributed by atoms with van der Waals surface area (Å²) in [6.45, 7) is 2.83. The number of carbonyl (C=O) groups is 1. The van der Waals surface area contributed by atoms with E-state index in [4.69, 9.17) is 4.74 Å². The molecule has 1 heterocycles. The average molecular weight is 470 g/mol. The normalized spacial score (nSPS) is 18.0. The Morgan fingerprint density at radius 1 is 1.03 bits per heavy atom. The van der Waals surface area contributed by atoms with Gasteiger partial charge in [0, 0.05) is 22.9 Å². The van der Waals surface area contributed by atoms with E-state index in [1.165, 1.54) is 6.07 Å². The van der Waals surface area contributed by atoms with Crippen LogP contribution in [0.3, 0.4) is 0 Å². The van der Waals surface area contributed by atoms with Crippen LogP contribution in [0.1, 0.15) is 58.8 Å². The summed E-state index contributed by atoms with van der Waals surface area (Å²) >= 11 is 0. The number of hydrogen-bond donors (Lipinski definition) is 2. The maximum absolute atomic E-state index is 14.2. The zero-order valence-electron chi connectivity index (χ0n) is 19.6. The fourth-order valence-electron chi connectivity index (χ4n) is 5.11. The van der Waals surface area contributed by atoms with E-state index in [1.807, 2.05) is 60.7 Å². The molecule has 0 aliphatic carbocycles. The molecule has 0 spiro atoms. The first-order chi connectivity index (χ1) is 17.0. The van der Waals surface area contributed by atoms with E-state index in [0.29, 0.717) is 10.9 Å². The summed E-state index contributed by atoms with van der Waals surface area (Å²) in [6, 6.07) is 26.2. The Bertz CT molecular complexity index is 1370. The number of ether oxygens (including phenoxy) is 1. The molecule has 2 N–H and O–H groups in total. The molecular weight excluding hydrogens is 441 g/mol. The first kappa shape index (κ1) is 23.1. The Morgan fingerprint density at radius 2 is 1.80 bits per heavy atom. The highest BCUT2D eigenvalue weighted by Gasteiger charge is 2.29. The van der Waals surface area contributed by atoms with Crippen LogP contribution in [0.2, 0.25) is 0 Å². The second kappa shape index (κ2) is 9.88. The number of halogens is 1. The van der Waals surface area contributed by atoms with Gasteiger partial charge in [-0.1, -0.05) is 60.7 Å². The smallest absolute Gasteiger partial charge is 0.335 e. The first-order valence-electron chi connectivity index (χ1n) is 12.0. The third-order valence-electron chi connectivity index (χ3n) is 6.91. The van der Waals surface area contributed by atoms with Crippen LogP contribution in [0.25, 0.3) is 10.8 Å². The highest BCUT2D eigenvalue weighted by Crippen LogP contribution is 2.41. The summed E-state index contributed by atoms with van der Waals surface area (Å²) in [5.74, 6) is -0.200. The van der Waals surface area contributed by atoms with Crippen molar-refractivity contribution in [1.29, 1.82) is 0 Å². The summed E-state index contributed by atoms with van der Waals surface area (Å²) in [7, 11) is 0. The van der Waals surface area contributed by atoms with Gasteiger partial charge in [0.2, 0.25) is 0 Å². The molecule has 0 fully saturated rings. The molecule has 4 aromatic carbocycles. The first-order valence-corrected chi connectivity index (χ1v) is 12.0. The second-order valence-corrected chi connectivity index (χ2v) is 9.14. The maximum Gasteiger partial charge on any atom is 0.335 e. The van der Waals surface area contributed by atoms with Crippen molar-refractivity contribution in [3.63, 3.8) is 0 Å². The molecule has 35 heavy (non-hydrogen) atoms. The minimum Gasteiger partial charge on any atom is -0.490 e. The van der Waals surface area contributed by atoms with Crippen molar-refractivity contribution in [1.82, 2.24) is 5.32 Å². The SMILES string of the molecule is CC(NCCC1CC(c2cccc(C(=O)O)c2)c2ccccc2O1)c1ccc(F)c2ccccc12. The van der Waals surface area contributed by atoms with Gasteiger partial charge in [0.15, 0.2) is 0 Å². The van der Waals surface area contributed by atoms with Gasteiger partial charge in [-0.25, -0.2) is 9.18 Å². The molecular formula is C30H28FNO3. The molecule has 0 radical (unpaired) electrons. The van der Waals surface area contributed by atoms with Gasteiger partial charge in [-0.15, -0.1) is 0 Å². The van der Waals surface area contributed by atoms with E-state index in [-0.39, 0.29) is 23.9 Å². The van der Waals surface area contributed by atoms with Crippen LogP contribution in [-0.2, 0) is 0 Å². The minimum atomic E-state index is -0.921. The topological polar surface area (TPSA) is 58.6 Å². The molecule has 0 saturated heterocycles. The Hall–Kier alpha value is -3.70. The zero-order valence-corrected chi connectivity index (χ0v) is 19.6. The Balaban J connectivity index is 1.31. The lowest BCUT2D eigenvalue weighted by atomic mass is 9.83. The van der Waals surface area contributed by atoms with Crippen molar-refractivity contribution in [2.24, 2.45) is 0 Å². The van der Waals surface area contributed by atoms with Gasteiger partial charge in [-0.2, -0.15) is 0 Å². The number of benzene rings is 4. The molecule has 178 valence electrons. The van der Waals surface area contributed by atoms with Gasteiger partial charge in [0.1, 0.15) is 17.7 Å². The number of carboxylic acid groups (broad SMARTS) is 1. The molecule has 5 heteroatoms. The van der Waals surface area contributed by atoms with Crippen molar-refractivity contribution in [3.8, 4) is 5.75 Å². The Labute approximate surface area is 204 Å². The third-order valence-corrected chi connectivity index (χ3v) is 6.91. The predicted molar refractivity (Wildman–Crippen MR) is 136 cm³/mol. The van der Waals surface area contributed by atoms with Crippen LogP contribution in [-0.4, -0.2) is 23.7 Å². The molecule has 5 rings (SSSR count). The molecule has 4 aromatic rings. The molecule has 3 unspecified atom stereocenters. The summed E-state index contributed by atoms with van der Waals surface area (Å²) in [5, 5.41) is 14.6. The van der Waals surface area contributed by atoms with E-state index in [1.54, 1.807) is 12.1 Å². The maximum atomic E-state index is 14.2. The fraction of sp³-hybridized carbons (Fsp3) is 0.233. The van der Waals surface area contributed by atoms with E-state index in [9.17, 15) is 14.3 Å². The van der Waals surface area contributed by atoms with Gasteiger partial charge in [-0.05, 0) is 67.1 Å². The number of nitrogens with one attached hydrogen (secondary N) is 1. The van der Waals surface area contributed by atoms with E-state index < -0.39 is 5.97 Å². The lowest BCUT2D eigenvalue weighted by Crippen LogP contribution is -2.31. The molecule has 0 bridgehead atoms. The van der Waals surface area contributed by atoms with E-state index >= 15 is 0 Å².